The number of para-hydroxylation sites is 1. The predicted octanol–water partition coefficient (Wildman–Crippen LogP) is 8.27. The van der Waals surface area contributed by atoms with Crippen LogP contribution in [0.3, 0.4) is 0 Å². The number of halogens is 1. The minimum absolute atomic E-state index is 0.0492. The van der Waals surface area contributed by atoms with E-state index in [0.717, 1.165) is 21.9 Å². The zero-order valence-corrected chi connectivity index (χ0v) is 22.1. The summed E-state index contributed by atoms with van der Waals surface area (Å²) in [4.78, 5) is 17.7. The van der Waals surface area contributed by atoms with Crippen LogP contribution in [0.2, 0.25) is 5.02 Å². The average Bonchev–Trinajstić information content (AvgIpc) is 3.23. The van der Waals surface area contributed by atoms with Crippen molar-refractivity contribution in [2.75, 3.05) is 6.61 Å². The van der Waals surface area contributed by atoms with E-state index in [1.165, 1.54) is 11.8 Å². The van der Waals surface area contributed by atoms with Gasteiger partial charge in [0.25, 0.3) is 0 Å². The topological polar surface area (TPSA) is 68.1 Å². The third-order valence-corrected chi connectivity index (χ3v) is 7.19. The predicted molar refractivity (Wildman–Crippen MR) is 155 cm³/mol. The Hall–Kier alpha value is -4.00. The van der Waals surface area contributed by atoms with Crippen LogP contribution >= 0.6 is 23.4 Å². The Morgan fingerprint density at radius 2 is 1.76 bits per heavy atom. The number of hydrogen-bond donors (Lipinski definition) is 1. The fraction of sp³-hybridized carbons (Fsp3) is 0.0968. The van der Waals surface area contributed by atoms with Crippen LogP contribution in [-0.4, -0.2) is 22.7 Å². The Bertz CT molecular complexity index is 1590. The lowest BCUT2D eigenvalue weighted by Crippen LogP contribution is -2.12. The zero-order chi connectivity index (χ0) is 26.5. The summed E-state index contributed by atoms with van der Waals surface area (Å²) in [6, 6.07) is 28.9. The van der Waals surface area contributed by atoms with Crippen LogP contribution in [0.4, 0.5) is 5.69 Å². The summed E-state index contributed by atoms with van der Waals surface area (Å²) >= 11 is 7.76. The number of thioether (sulfide) groups is 1. The molecule has 0 atom stereocenters. The molecule has 0 amide bonds. The van der Waals surface area contributed by atoms with Crippen molar-refractivity contribution < 1.29 is 19.4 Å². The Balaban J connectivity index is 1.39. The quantitative estimate of drug-likeness (QED) is 0.238. The maximum Gasteiger partial charge on any atom is 0.344 e. The van der Waals surface area contributed by atoms with Gasteiger partial charge in [-0.1, -0.05) is 90.1 Å². The summed E-state index contributed by atoms with van der Waals surface area (Å²) in [6.07, 6.45) is 1.76. The van der Waals surface area contributed by atoms with Crippen LogP contribution in [-0.2, 0) is 16.1 Å². The number of ether oxygens (including phenoxy) is 2. The first-order chi connectivity index (χ1) is 18.5. The summed E-state index contributed by atoms with van der Waals surface area (Å²) in [6.45, 7) is 2.28. The highest BCUT2D eigenvalue weighted by atomic mass is 35.5. The Kier molecular flexibility index (Phi) is 7.82. The Morgan fingerprint density at radius 3 is 2.55 bits per heavy atom. The van der Waals surface area contributed by atoms with Crippen molar-refractivity contribution in [2.45, 2.75) is 13.5 Å². The smallest absolute Gasteiger partial charge is 0.344 e. The molecule has 7 heteroatoms. The van der Waals surface area contributed by atoms with Crippen LogP contribution in [0.1, 0.15) is 18.1 Å². The molecule has 4 aromatic rings. The van der Waals surface area contributed by atoms with Crippen molar-refractivity contribution in [1.82, 2.24) is 0 Å². The number of rotatable bonds is 7. The Labute approximate surface area is 230 Å². The van der Waals surface area contributed by atoms with Crippen molar-refractivity contribution >= 4 is 56.9 Å². The van der Waals surface area contributed by atoms with Gasteiger partial charge in [0.2, 0.25) is 0 Å². The number of esters is 1. The molecule has 1 aliphatic rings. The van der Waals surface area contributed by atoms with Gasteiger partial charge in [-0.25, -0.2) is 9.79 Å². The molecule has 0 unspecified atom stereocenters. The van der Waals surface area contributed by atoms with Gasteiger partial charge in [-0.15, -0.1) is 0 Å². The summed E-state index contributed by atoms with van der Waals surface area (Å²) < 4.78 is 11.2. The average molecular weight is 542 g/mol. The molecule has 0 bridgehead atoms. The molecule has 1 N–H and O–H groups in total. The number of aliphatic hydroxyl groups is 1. The second-order valence-corrected chi connectivity index (χ2v) is 9.86. The first-order valence-electron chi connectivity index (χ1n) is 12.1. The van der Waals surface area contributed by atoms with E-state index in [1.807, 2.05) is 60.7 Å². The standard InChI is InChI=1S/C31H24ClNO4S/c1-2-36-31(35)28-29(34)27(38-30(28)33-23-12-4-3-5-13-23)18-20-15-16-26(25(32)17-20)37-19-22-11-8-10-21-9-6-7-14-24(21)22/h3-18,34H,2,19H2,1H3/b27-18-,33-30?. The molecule has 38 heavy (non-hydrogen) atoms. The number of carbonyl (C=O) groups is 1. The highest BCUT2D eigenvalue weighted by Gasteiger charge is 2.33. The molecule has 0 spiro atoms. The van der Waals surface area contributed by atoms with Gasteiger partial charge in [-0.2, -0.15) is 0 Å². The molecule has 1 heterocycles. The SMILES string of the molecule is CCOC(=O)C1=C(O)/C(=C/c2ccc(OCc3cccc4ccccc34)c(Cl)c2)SC1=Nc1ccccc1. The second-order valence-electron chi connectivity index (χ2n) is 8.42. The van der Waals surface area contributed by atoms with Crippen molar-refractivity contribution in [1.29, 1.82) is 0 Å². The van der Waals surface area contributed by atoms with Gasteiger partial charge in [0.15, 0.2) is 0 Å². The third-order valence-electron chi connectivity index (χ3n) is 5.87. The van der Waals surface area contributed by atoms with Gasteiger partial charge < -0.3 is 14.6 Å². The fourth-order valence-electron chi connectivity index (χ4n) is 4.06. The molecule has 0 aromatic heterocycles. The van der Waals surface area contributed by atoms with E-state index in [1.54, 1.807) is 25.1 Å². The lowest BCUT2D eigenvalue weighted by molar-refractivity contribution is -0.138. The molecule has 0 saturated carbocycles. The molecular weight excluding hydrogens is 518 g/mol. The largest absolute Gasteiger partial charge is 0.506 e. The molecular formula is C31H24ClNO4S. The van der Waals surface area contributed by atoms with Gasteiger partial charge in [0.05, 0.1) is 22.2 Å². The van der Waals surface area contributed by atoms with Crippen molar-refractivity contribution in [2.24, 2.45) is 4.99 Å². The number of fused-ring (bicyclic) bond motifs is 1. The normalized spacial score (nSPS) is 15.4. The lowest BCUT2D eigenvalue weighted by atomic mass is 10.1. The molecule has 1 aliphatic heterocycles. The van der Waals surface area contributed by atoms with Gasteiger partial charge in [0.1, 0.15) is 28.7 Å². The molecule has 5 rings (SSSR count). The van der Waals surface area contributed by atoms with Gasteiger partial charge in [0, 0.05) is 0 Å². The van der Waals surface area contributed by atoms with Gasteiger partial charge in [-0.3, -0.25) is 0 Å². The number of benzene rings is 4. The van der Waals surface area contributed by atoms with Crippen LogP contribution in [0, 0.1) is 0 Å². The van der Waals surface area contributed by atoms with Crippen molar-refractivity contribution in [3.8, 4) is 5.75 Å². The monoisotopic (exact) mass is 541 g/mol. The van der Waals surface area contributed by atoms with E-state index in [2.05, 4.69) is 23.2 Å². The van der Waals surface area contributed by atoms with Crippen molar-refractivity contribution in [3.05, 3.63) is 123 Å². The molecule has 0 saturated heterocycles. The number of aliphatic imine (C=N–C) groups is 1. The number of nitrogens with zero attached hydrogens (tertiary/aromatic N) is 1. The van der Waals surface area contributed by atoms with E-state index < -0.39 is 5.97 Å². The first kappa shape index (κ1) is 25.6. The molecule has 0 fully saturated rings. The fourth-order valence-corrected chi connectivity index (χ4v) is 5.34. The van der Waals surface area contributed by atoms with E-state index >= 15 is 0 Å². The summed E-state index contributed by atoms with van der Waals surface area (Å²) in [7, 11) is 0. The summed E-state index contributed by atoms with van der Waals surface area (Å²) in [5.74, 6) is -0.236. The minimum atomic E-state index is -0.620. The van der Waals surface area contributed by atoms with E-state index in [4.69, 9.17) is 21.1 Å². The molecule has 5 nitrogen and oxygen atoms in total. The van der Waals surface area contributed by atoms with Crippen LogP contribution in [0.15, 0.2) is 112 Å². The molecule has 0 radical (unpaired) electrons. The third kappa shape index (κ3) is 5.62. The van der Waals surface area contributed by atoms with E-state index in [0.29, 0.717) is 33.0 Å². The molecule has 190 valence electrons. The first-order valence-corrected chi connectivity index (χ1v) is 13.3. The van der Waals surface area contributed by atoms with Crippen LogP contribution in [0.25, 0.3) is 16.8 Å². The number of carbonyl (C=O) groups excluding carboxylic acids is 1. The van der Waals surface area contributed by atoms with E-state index in [9.17, 15) is 9.90 Å². The minimum Gasteiger partial charge on any atom is -0.506 e. The number of aliphatic hydroxyl groups excluding tert-OH is 1. The zero-order valence-electron chi connectivity index (χ0n) is 20.6. The number of hydrogen-bond acceptors (Lipinski definition) is 6. The Morgan fingerprint density at radius 1 is 1.00 bits per heavy atom. The van der Waals surface area contributed by atoms with E-state index in [-0.39, 0.29) is 17.9 Å². The van der Waals surface area contributed by atoms with Crippen LogP contribution in [0.5, 0.6) is 5.75 Å². The van der Waals surface area contributed by atoms with Gasteiger partial charge >= 0.3 is 5.97 Å². The maximum absolute atomic E-state index is 12.6. The highest BCUT2D eigenvalue weighted by Crippen LogP contribution is 2.41. The van der Waals surface area contributed by atoms with Gasteiger partial charge in [-0.05, 0) is 59.2 Å². The van der Waals surface area contributed by atoms with Crippen LogP contribution < -0.4 is 4.74 Å². The maximum atomic E-state index is 12.6. The lowest BCUT2D eigenvalue weighted by Gasteiger charge is -2.11. The molecule has 4 aromatic carbocycles. The highest BCUT2D eigenvalue weighted by molar-refractivity contribution is 8.18. The summed E-state index contributed by atoms with van der Waals surface area (Å²) in [5.41, 5.74) is 2.53. The summed E-state index contributed by atoms with van der Waals surface area (Å²) in [5, 5.41) is 14.0. The molecule has 0 aliphatic carbocycles. The van der Waals surface area contributed by atoms with Crippen molar-refractivity contribution in [3.63, 3.8) is 0 Å². The second kappa shape index (κ2) is 11.6.